The summed E-state index contributed by atoms with van der Waals surface area (Å²) in [5.41, 5.74) is 0.316. The summed E-state index contributed by atoms with van der Waals surface area (Å²) in [5, 5.41) is 11.1. The largest absolute Gasteiger partial charge is 0.352 e. The molecular weight excluding hydrogens is 314 g/mol. The molecular formula is C13H20ClN3O3S. The van der Waals surface area contributed by atoms with Crippen molar-refractivity contribution in [3.05, 3.63) is 29.8 Å². The highest BCUT2D eigenvalue weighted by Crippen LogP contribution is 2.24. The molecule has 1 atom stereocenters. The van der Waals surface area contributed by atoms with E-state index < -0.39 is 15.4 Å². The van der Waals surface area contributed by atoms with Crippen LogP contribution in [0.4, 0.5) is 0 Å². The predicted molar refractivity (Wildman–Crippen MR) is 82.5 cm³/mol. The van der Waals surface area contributed by atoms with Gasteiger partial charge < -0.3 is 10.6 Å². The van der Waals surface area contributed by atoms with Crippen LogP contribution >= 0.6 is 12.4 Å². The number of benzene rings is 1. The Kier molecular flexibility index (Phi) is 5.75. The Morgan fingerprint density at radius 1 is 1.48 bits per heavy atom. The van der Waals surface area contributed by atoms with Crippen LogP contribution in [0.5, 0.6) is 0 Å². The second kappa shape index (κ2) is 6.74. The molecule has 1 aromatic carbocycles. The van der Waals surface area contributed by atoms with Crippen molar-refractivity contribution in [2.45, 2.75) is 24.8 Å². The first-order chi connectivity index (χ1) is 9.31. The van der Waals surface area contributed by atoms with Crippen molar-refractivity contribution in [2.75, 3.05) is 13.1 Å². The minimum Gasteiger partial charge on any atom is -0.352 e. The molecule has 1 aliphatic heterocycles. The van der Waals surface area contributed by atoms with E-state index in [9.17, 15) is 13.2 Å². The summed E-state index contributed by atoms with van der Waals surface area (Å²) in [7, 11) is -3.71. The number of amides is 1. The summed E-state index contributed by atoms with van der Waals surface area (Å²) < 4.78 is 22.5. The molecule has 0 radical (unpaired) electrons. The van der Waals surface area contributed by atoms with Crippen LogP contribution in [0, 0.1) is 5.41 Å². The summed E-state index contributed by atoms with van der Waals surface area (Å²) >= 11 is 0. The van der Waals surface area contributed by atoms with Crippen LogP contribution < -0.4 is 15.8 Å². The van der Waals surface area contributed by atoms with Crippen LogP contribution in [-0.4, -0.2) is 27.4 Å². The standard InChI is InChI=1S/C13H19N3O3S.ClH/c1-13(5-6-15-9-13)12(17)16-8-10-3-2-4-11(7-10)20(14,18)19;/h2-4,7,15H,5-6,8-9H2,1H3,(H,16,17)(H2,14,18,19);1H. The maximum absolute atomic E-state index is 12.1. The third-order valence-electron chi connectivity index (χ3n) is 3.60. The van der Waals surface area contributed by atoms with E-state index in [-0.39, 0.29) is 29.8 Å². The molecule has 1 unspecified atom stereocenters. The molecule has 1 fully saturated rings. The number of primary sulfonamides is 1. The van der Waals surface area contributed by atoms with E-state index in [1.807, 2.05) is 6.92 Å². The lowest BCUT2D eigenvalue weighted by atomic mass is 9.89. The Bertz CT molecular complexity index is 613. The molecule has 1 aromatic rings. The fourth-order valence-corrected chi connectivity index (χ4v) is 2.82. The van der Waals surface area contributed by atoms with Crippen molar-refractivity contribution < 1.29 is 13.2 Å². The molecule has 0 aliphatic carbocycles. The fourth-order valence-electron chi connectivity index (χ4n) is 2.24. The first-order valence-electron chi connectivity index (χ1n) is 6.42. The summed E-state index contributed by atoms with van der Waals surface area (Å²) in [5.74, 6) is -0.0245. The Labute approximate surface area is 130 Å². The normalized spacial score (nSPS) is 21.6. The minimum absolute atomic E-state index is 0. The number of carbonyl (C=O) groups is 1. The fraction of sp³-hybridized carbons (Fsp3) is 0.462. The number of carbonyl (C=O) groups excluding carboxylic acids is 1. The summed E-state index contributed by atoms with van der Waals surface area (Å²) in [6.07, 6.45) is 0.802. The Morgan fingerprint density at radius 2 is 2.19 bits per heavy atom. The maximum Gasteiger partial charge on any atom is 0.238 e. The van der Waals surface area contributed by atoms with Gasteiger partial charge in [0.25, 0.3) is 0 Å². The van der Waals surface area contributed by atoms with Gasteiger partial charge >= 0.3 is 0 Å². The SMILES string of the molecule is CC1(C(=O)NCc2cccc(S(N)(=O)=O)c2)CCNC1.Cl. The third-order valence-corrected chi connectivity index (χ3v) is 4.51. The molecule has 1 heterocycles. The lowest BCUT2D eigenvalue weighted by molar-refractivity contribution is -0.129. The number of halogens is 1. The molecule has 8 heteroatoms. The number of hydrogen-bond donors (Lipinski definition) is 3. The third kappa shape index (κ3) is 4.41. The lowest BCUT2D eigenvalue weighted by Gasteiger charge is -2.21. The zero-order valence-corrected chi connectivity index (χ0v) is 13.4. The first kappa shape index (κ1) is 17.9. The van der Waals surface area contributed by atoms with Gasteiger partial charge in [-0.3, -0.25) is 4.79 Å². The quantitative estimate of drug-likeness (QED) is 0.741. The van der Waals surface area contributed by atoms with Gasteiger partial charge in [-0.15, -0.1) is 12.4 Å². The molecule has 0 saturated carbocycles. The Hall–Kier alpha value is -1.15. The van der Waals surface area contributed by atoms with Crippen LogP contribution in [0.15, 0.2) is 29.2 Å². The molecule has 6 nitrogen and oxygen atoms in total. The van der Waals surface area contributed by atoms with E-state index in [4.69, 9.17) is 5.14 Å². The van der Waals surface area contributed by atoms with Gasteiger partial charge in [-0.25, -0.2) is 13.6 Å². The van der Waals surface area contributed by atoms with Gasteiger partial charge in [0.2, 0.25) is 15.9 Å². The van der Waals surface area contributed by atoms with E-state index in [2.05, 4.69) is 10.6 Å². The number of nitrogens with two attached hydrogens (primary N) is 1. The van der Waals surface area contributed by atoms with E-state index in [1.54, 1.807) is 12.1 Å². The summed E-state index contributed by atoms with van der Waals surface area (Å²) in [6.45, 7) is 3.71. The van der Waals surface area contributed by atoms with Crippen molar-refractivity contribution in [1.82, 2.24) is 10.6 Å². The highest BCUT2D eigenvalue weighted by molar-refractivity contribution is 7.89. The summed E-state index contributed by atoms with van der Waals surface area (Å²) in [6, 6.07) is 6.28. The van der Waals surface area contributed by atoms with Gasteiger partial charge in [-0.1, -0.05) is 12.1 Å². The van der Waals surface area contributed by atoms with Gasteiger partial charge in [0.1, 0.15) is 0 Å². The van der Waals surface area contributed by atoms with Gasteiger partial charge in [0.15, 0.2) is 0 Å². The highest BCUT2D eigenvalue weighted by Gasteiger charge is 2.35. The van der Waals surface area contributed by atoms with Crippen LogP contribution in [0.3, 0.4) is 0 Å². The van der Waals surface area contributed by atoms with E-state index in [1.165, 1.54) is 12.1 Å². The van der Waals surface area contributed by atoms with Crippen molar-refractivity contribution in [3.8, 4) is 0 Å². The molecule has 1 aliphatic rings. The second-order valence-corrected chi connectivity index (χ2v) is 6.92. The van der Waals surface area contributed by atoms with E-state index >= 15 is 0 Å². The molecule has 0 aromatic heterocycles. The zero-order chi connectivity index (χ0) is 14.8. The van der Waals surface area contributed by atoms with Crippen molar-refractivity contribution in [3.63, 3.8) is 0 Å². The molecule has 21 heavy (non-hydrogen) atoms. The first-order valence-corrected chi connectivity index (χ1v) is 7.97. The van der Waals surface area contributed by atoms with Crippen LogP contribution in [-0.2, 0) is 21.4 Å². The lowest BCUT2D eigenvalue weighted by Crippen LogP contribution is -2.40. The molecule has 118 valence electrons. The van der Waals surface area contributed by atoms with E-state index in [0.29, 0.717) is 12.1 Å². The smallest absolute Gasteiger partial charge is 0.238 e. The topological polar surface area (TPSA) is 101 Å². The van der Waals surface area contributed by atoms with E-state index in [0.717, 1.165) is 13.0 Å². The average molecular weight is 334 g/mol. The molecule has 0 spiro atoms. The molecule has 2 rings (SSSR count). The second-order valence-electron chi connectivity index (χ2n) is 5.36. The molecule has 0 bridgehead atoms. The average Bonchev–Trinajstić information content (AvgIpc) is 2.83. The Morgan fingerprint density at radius 3 is 2.76 bits per heavy atom. The number of rotatable bonds is 4. The van der Waals surface area contributed by atoms with Gasteiger partial charge in [-0.2, -0.15) is 0 Å². The summed E-state index contributed by atoms with van der Waals surface area (Å²) in [4.78, 5) is 12.2. The van der Waals surface area contributed by atoms with Crippen LogP contribution in [0.2, 0.25) is 0 Å². The van der Waals surface area contributed by atoms with Gasteiger partial charge in [0.05, 0.1) is 10.3 Å². The molecule has 1 amide bonds. The van der Waals surface area contributed by atoms with Crippen molar-refractivity contribution in [2.24, 2.45) is 10.6 Å². The minimum atomic E-state index is -3.71. The Balaban J connectivity index is 0.00000220. The predicted octanol–water partition coefficient (Wildman–Crippen LogP) is 0.372. The number of sulfonamides is 1. The van der Waals surface area contributed by atoms with Crippen LogP contribution in [0.1, 0.15) is 18.9 Å². The van der Waals surface area contributed by atoms with Crippen LogP contribution in [0.25, 0.3) is 0 Å². The molecule has 4 N–H and O–H groups in total. The van der Waals surface area contributed by atoms with Gasteiger partial charge in [-0.05, 0) is 37.6 Å². The zero-order valence-electron chi connectivity index (χ0n) is 11.8. The van der Waals surface area contributed by atoms with Crippen molar-refractivity contribution in [1.29, 1.82) is 0 Å². The monoisotopic (exact) mass is 333 g/mol. The van der Waals surface area contributed by atoms with Crippen molar-refractivity contribution >= 4 is 28.3 Å². The highest BCUT2D eigenvalue weighted by atomic mass is 35.5. The number of nitrogens with one attached hydrogen (secondary N) is 2. The molecule has 1 saturated heterocycles. The van der Waals surface area contributed by atoms with Gasteiger partial charge in [0, 0.05) is 13.1 Å². The maximum atomic E-state index is 12.1. The number of hydrogen-bond acceptors (Lipinski definition) is 4.